The average molecular weight is 261 g/mol. The van der Waals surface area contributed by atoms with Gasteiger partial charge in [0.1, 0.15) is 5.75 Å². The van der Waals surface area contributed by atoms with E-state index in [4.69, 9.17) is 15.2 Å². The highest BCUT2D eigenvalue weighted by atomic mass is 16.5. The quantitative estimate of drug-likeness (QED) is 0.906. The summed E-state index contributed by atoms with van der Waals surface area (Å²) in [7, 11) is 0. The van der Waals surface area contributed by atoms with Crippen LogP contribution in [0.15, 0.2) is 18.2 Å². The van der Waals surface area contributed by atoms with Gasteiger partial charge in [-0.1, -0.05) is 31.0 Å². The molecule has 1 aliphatic heterocycles. The third-order valence-corrected chi connectivity index (χ3v) is 4.53. The highest BCUT2D eigenvalue weighted by Crippen LogP contribution is 2.45. The maximum atomic E-state index is 6.59. The van der Waals surface area contributed by atoms with Gasteiger partial charge in [0.25, 0.3) is 0 Å². The minimum absolute atomic E-state index is 0.0806. The van der Waals surface area contributed by atoms with Crippen molar-refractivity contribution in [1.29, 1.82) is 0 Å². The Hall–Kier alpha value is -1.06. The lowest BCUT2D eigenvalue weighted by Crippen LogP contribution is -2.41. The number of hydrogen-bond acceptors (Lipinski definition) is 3. The van der Waals surface area contributed by atoms with Crippen molar-refractivity contribution in [3.05, 3.63) is 29.3 Å². The Morgan fingerprint density at radius 3 is 2.89 bits per heavy atom. The van der Waals surface area contributed by atoms with E-state index in [1.54, 1.807) is 0 Å². The van der Waals surface area contributed by atoms with Crippen LogP contribution in [0.25, 0.3) is 0 Å². The molecule has 1 aromatic rings. The SMILES string of the molecule is CCOC1(C(N)c2cccc3c2OCC3)CCCC1. The molecule has 1 fully saturated rings. The number of benzene rings is 1. The molecule has 1 aliphatic carbocycles. The molecule has 2 N–H and O–H groups in total. The standard InChI is InChI=1S/C16H23NO2/c1-2-19-16(9-3-4-10-16)15(17)13-7-5-6-12-8-11-18-14(12)13/h5-7,15H,2-4,8-11,17H2,1H3. The molecule has 1 unspecified atom stereocenters. The second-order valence-electron chi connectivity index (χ2n) is 5.62. The van der Waals surface area contributed by atoms with Crippen LogP contribution in [0.3, 0.4) is 0 Å². The molecule has 0 bridgehead atoms. The van der Waals surface area contributed by atoms with Crippen LogP contribution < -0.4 is 10.5 Å². The van der Waals surface area contributed by atoms with Crippen molar-refractivity contribution >= 4 is 0 Å². The molecule has 1 saturated carbocycles. The van der Waals surface area contributed by atoms with Crippen molar-refractivity contribution in [2.45, 2.75) is 50.7 Å². The first-order chi connectivity index (χ1) is 9.27. The van der Waals surface area contributed by atoms with Gasteiger partial charge in [-0.3, -0.25) is 0 Å². The molecule has 0 radical (unpaired) electrons. The molecule has 0 spiro atoms. The minimum atomic E-state index is -0.185. The molecule has 1 atom stereocenters. The maximum Gasteiger partial charge on any atom is 0.127 e. The van der Waals surface area contributed by atoms with Gasteiger partial charge >= 0.3 is 0 Å². The van der Waals surface area contributed by atoms with Crippen molar-refractivity contribution in [3.8, 4) is 5.75 Å². The molecule has 1 heterocycles. The van der Waals surface area contributed by atoms with E-state index in [1.807, 2.05) is 0 Å². The molecule has 1 aromatic carbocycles. The van der Waals surface area contributed by atoms with Crippen LogP contribution in [0.4, 0.5) is 0 Å². The van der Waals surface area contributed by atoms with Crippen LogP contribution in [0.2, 0.25) is 0 Å². The summed E-state index contributed by atoms with van der Waals surface area (Å²) in [5, 5.41) is 0. The van der Waals surface area contributed by atoms with Gasteiger partial charge < -0.3 is 15.2 Å². The van der Waals surface area contributed by atoms with Crippen molar-refractivity contribution in [2.24, 2.45) is 5.73 Å². The number of fused-ring (bicyclic) bond motifs is 1. The minimum Gasteiger partial charge on any atom is -0.493 e. The molecule has 104 valence electrons. The highest BCUT2D eigenvalue weighted by Gasteiger charge is 2.42. The average Bonchev–Trinajstić information content (AvgIpc) is 3.06. The molecule has 0 saturated heterocycles. The summed E-state index contributed by atoms with van der Waals surface area (Å²) >= 11 is 0. The lowest BCUT2D eigenvalue weighted by molar-refractivity contribution is -0.0540. The molecule has 3 nitrogen and oxygen atoms in total. The Balaban J connectivity index is 1.94. The van der Waals surface area contributed by atoms with E-state index < -0.39 is 0 Å². The van der Waals surface area contributed by atoms with E-state index in [1.165, 1.54) is 18.4 Å². The zero-order chi connectivity index (χ0) is 13.3. The molecule has 0 aromatic heterocycles. The number of nitrogens with two attached hydrogens (primary N) is 1. The van der Waals surface area contributed by atoms with Crippen LogP contribution in [-0.4, -0.2) is 18.8 Å². The zero-order valence-corrected chi connectivity index (χ0v) is 11.7. The smallest absolute Gasteiger partial charge is 0.127 e. The summed E-state index contributed by atoms with van der Waals surface area (Å²) in [5.41, 5.74) is 8.82. The van der Waals surface area contributed by atoms with Gasteiger partial charge in [0.15, 0.2) is 0 Å². The molecule has 0 amide bonds. The third kappa shape index (κ3) is 2.15. The zero-order valence-electron chi connectivity index (χ0n) is 11.7. The van der Waals surface area contributed by atoms with E-state index in [0.717, 1.165) is 43.8 Å². The van der Waals surface area contributed by atoms with Crippen molar-refractivity contribution in [1.82, 2.24) is 0 Å². The van der Waals surface area contributed by atoms with Crippen LogP contribution in [-0.2, 0) is 11.2 Å². The monoisotopic (exact) mass is 261 g/mol. The molecule has 19 heavy (non-hydrogen) atoms. The molecule has 3 heteroatoms. The number of hydrogen-bond donors (Lipinski definition) is 1. The van der Waals surface area contributed by atoms with E-state index >= 15 is 0 Å². The normalized spacial score (nSPS) is 22.0. The second-order valence-corrected chi connectivity index (χ2v) is 5.62. The number of para-hydroxylation sites is 1. The van der Waals surface area contributed by atoms with Crippen LogP contribution in [0.1, 0.15) is 49.8 Å². The van der Waals surface area contributed by atoms with Crippen molar-refractivity contribution < 1.29 is 9.47 Å². The van der Waals surface area contributed by atoms with Gasteiger partial charge in [-0.15, -0.1) is 0 Å². The van der Waals surface area contributed by atoms with Crippen LogP contribution in [0, 0.1) is 0 Å². The first kappa shape index (κ1) is 12.9. The Morgan fingerprint density at radius 1 is 1.37 bits per heavy atom. The van der Waals surface area contributed by atoms with E-state index in [2.05, 4.69) is 25.1 Å². The largest absolute Gasteiger partial charge is 0.493 e. The van der Waals surface area contributed by atoms with Gasteiger partial charge in [0.05, 0.1) is 18.2 Å². The first-order valence-corrected chi connectivity index (χ1v) is 7.41. The molecule has 3 rings (SSSR count). The van der Waals surface area contributed by atoms with Gasteiger partial charge in [-0.05, 0) is 25.3 Å². The van der Waals surface area contributed by atoms with E-state index in [-0.39, 0.29) is 11.6 Å². The Bertz CT molecular complexity index is 452. The molecular formula is C16H23NO2. The Labute approximate surface area is 115 Å². The lowest BCUT2D eigenvalue weighted by atomic mass is 9.86. The van der Waals surface area contributed by atoms with Crippen molar-refractivity contribution in [2.75, 3.05) is 13.2 Å². The summed E-state index contributed by atoms with van der Waals surface area (Å²) < 4.78 is 11.9. The predicted molar refractivity (Wildman–Crippen MR) is 75.4 cm³/mol. The van der Waals surface area contributed by atoms with Gasteiger partial charge in [0, 0.05) is 18.6 Å². The summed E-state index contributed by atoms with van der Waals surface area (Å²) in [6.07, 6.45) is 5.54. The second kappa shape index (κ2) is 5.14. The summed E-state index contributed by atoms with van der Waals surface area (Å²) in [6, 6.07) is 6.26. The van der Waals surface area contributed by atoms with Crippen molar-refractivity contribution in [3.63, 3.8) is 0 Å². The Kier molecular flexibility index (Phi) is 3.50. The summed E-state index contributed by atoms with van der Waals surface area (Å²) in [6.45, 7) is 3.56. The van der Waals surface area contributed by atoms with E-state index in [9.17, 15) is 0 Å². The molecular weight excluding hydrogens is 238 g/mol. The number of rotatable bonds is 4. The fraction of sp³-hybridized carbons (Fsp3) is 0.625. The van der Waals surface area contributed by atoms with Gasteiger partial charge in [-0.25, -0.2) is 0 Å². The van der Waals surface area contributed by atoms with Crippen LogP contribution in [0.5, 0.6) is 5.75 Å². The third-order valence-electron chi connectivity index (χ3n) is 4.53. The maximum absolute atomic E-state index is 6.59. The highest BCUT2D eigenvalue weighted by molar-refractivity contribution is 5.46. The number of ether oxygens (including phenoxy) is 2. The first-order valence-electron chi connectivity index (χ1n) is 7.41. The Morgan fingerprint density at radius 2 is 2.16 bits per heavy atom. The van der Waals surface area contributed by atoms with Gasteiger partial charge in [-0.2, -0.15) is 0 Å². The fourth-order valence-electron chi connectivity index (χ4n) is 3.57. The van der Waals surface area contributed by atoms with Crippen LogP contribution >= 0.6 is 0 Å². The van der Waals surface area contributed by atoms with E-state index in [0.29, 0.717) is 0 Å². The lowest BCUT2D eigenvalue weighted by Gasteiger charge is -2.35. The molecule has 2 aliphatic rings. The summed E-state index contributed by atoms with van der Waals surface area (Å²) in [4.78, 5) is 0. The van der Waals surface area contributed by atoms with Gasteiger partial charge in [0.2, 0.25) is 0 Å². The summed E-state index contributed by atoms with van der Waals surface area (Å²) in [5.74, 6) is 1.01. The fourth-order valence-corrected chi connectivity index (χ4v) is 3.57. The predicted octanol–water partition coefficient (Wildman–Crippen LogP) is 2.97. The topological polar surface area (TPSA) is 44.5 Å².